The van der Waals surface area contributed by atoms with Crippen LogP contribution in [-0.4, -0.2) is 61.2 Å². The van der Waals surface area contributed by atoms with E-state index in [1.54, 1.807) is 0 Å². The van der Waals surface area contributed by atoms with Crippen LogP contribution in [0.4, 0.5) is 0 Å². The first-order valence-corrected chi connectivity index (χ1v) is 13.5. The summed E-state index contributed by atoms with van der Waals surface area (Å²) in [6.45, 7) is 8.66. The Labute approximate surface area is 217 Å². The fourth-order valence-electron chi connectivity index (χ4n) is 6.20. The van der Waals surface area contributed by atoms with Crippen LogP contribution < -0.4 is 5.56 Å². The van der Waals surface area contributed by atoms with Gasteiger partial charge in [-0.3, -0.25) is 14.6 Å². The van der Waals surface area contributed by atoms with Gasteiger partial charge < -0.3 is 4.98 Å². The van der Waals surface area contributed by atoms with Crippen LogP contribution in [0.3, 0.4) is 0 Å². The molecule has 1 aliphatic carbocycles. The first-order valence-electron chi connectivity index (χ1n) is 13.5. The van der Waals surface area contributed by atoms with Gasteiger partial charge in [0.15, 0.2) is 5.82 Å². The Morgan fingerprint density at radius 2 is 1.76 bits per heavy atom. The van der Waals surface area contributed by atoms with Crippen molar-refractivity contribution in [3.8, 4) is 0 Å². The highest BCUT2D eigenvalue weighted by atomic mass is 16.1. The van der Waals surface area contributed by atoms with E-state index in [4.69, 9.17) is 0 Å². The minimum atomic E-state index is -0.289. The summed E-state index contributed by atoms with van der Waals surface area (Å²) >= 11 is 0. The van der Waals surface area contributed by atoms with Crippen molar-refractivity contribution in [3.63, 3.8) is 0 Å². The summed E-state index contributed by atoms with van der Waals surface area (Å²) in [4.78, 5) is 21.7. The zero-order chi connectivity index (χ0) is 25.4. The van der Waals surface area contributed by atoms with Gasteiger partial charge in [-0.1, -0.05) is 49.2 Å². The Morgan fingerprint density at radius 1 is 1.00 bits per heavy atom. The van der Waals surface area contributed by atoms with Crippen molar-refractivity contribution < 1.29 is 0 Å². The molecular weight excluding hydrogens is 462 g/mol. The molecule has 2 aromatic heterocycles. The highest BCUT2D eigenvalue weighted by Crippen LogP contribution is 2.34. The Morgan fingerprint density at radius 3 is 2.51 bits per heavy atom. The van der Waals surface area contributed by atoms with Crippen molar-refractivity contribution in [2.24, 2.45) is 0 Å². The van der Waals surface area contributed by atoms with Gasteiger partial charge in [0.1, 0.15) is 6.04 Å². The van der Waals surface area contributed by atoms with Crippen molar-refractivity contribution in [2.45, 2.75) is 58.2 Å². The molecule has 1 N–H and O–H groups in total. The van der Waals surface area contributed by atoms with Gasteiger partial charge in [-0.15, -0.1) is 5.10 Å². The molecule has 37 heavy (non-hydrogen) atoms. The number of aromatic nitrogens is 5. The van der Waals surface area contributed by atoms with Gasteiger partial charge >= 0.3 is 0 Å². The summed E-state index contributed by atoms with van der Waals surface area (Å²) in [6, 6.07) is 16.9. The maximum Gasteiger partial charge on any atom is 0.253 e. The molecule has 192 valence electrons. The van der Waals surface area contributed by atoms with Crippen LogP contribution >= 0.6 is 0 Å². The van der Waals surface area contributed by atoms with Crippen molar-refractivity contribution >= 4 is 10.9 Å². The second-order valence-electron chi connectivity index (χ2n) is 10.7. The van der Waals surface area contributed by atoms with E-state index in [0.29, 0.717) is 6.04 Å². The second kappa shape index (κ2) is 10.2. The van der Waals surface area contributed by atoms with Gasteiger partial charge in [-0.25, -0.2) is 4.68 Å². The predicted octanol–water partition coefficient (Wildman–Crippen LogP) is 4.15. The number of piperazine rings is 1. The molecule has 6 rings (SSSR count). The smallest absolute Gasteiger partial charge is 0.253 e. The summed E-state index contributed by atoms with van der Waals surface area (Å²) in [6.07, 6.45) is 4.56. The lowest BCUT2D eigenvalue weighted by atomic mass is 9.99. The molecule has 0 spiro atoms. The largest absolute Gasteiger partial charge is 0.322 e. The van der Waals surface area contributed by atoms with Crippen molar-refractivity contribution in [1.82, 2.24) is 35.0 Å². The van der Waals surface area contributed by atoms with Crippen molar-refractivity contribution in [3.05, 3.63) is 87.0 Å². The summed E-state index contributed by atoms with van der Waals surface area (Å²) in [5.74, 6) is 0.790. The molecule has 8 heteroatoms. The second-order valence-corrected chi connectivity index (χ2v) is 10.7. The lowest BCUT2D eigenvalue weighted by Crippen LogP contribution is -2.48. The molecule has 0 bridgehead atoms. The van der Waals surface area contributed by atoms with Gasteiger partial charge in [-0.2, -0.15) is 0 Å². The maximum absolute atomic E-state index is 13.6. The summed E-state index contributed by atoms with van der Waals surface area (Å²) in [5.41, 5.74) is 5.18. The standard InChI is InChI=1S/C29H35N7O/c1-20-16-21(2)24-18-25(29(37)30-26(24)17-20)27(28-31-32-33-36(28)23-10-6-7-11-23)35-14-12-34(13-15-35)19-22-8-4-3-5-9-22/h3-5,8-9,16-18,23,27H,6-7,10-15,19H2,1-2H3,(H,30,37). The third-order valence-corrected chi connectivity index (χ3v) is 8.09. The van der Waals surface area contributed by atoms with E-state index in [1.165, 1.54) is 18.4 Å². The van der Waals surface area contributed by atoms with Crippen LogP contribution in [-0.2, 0) is 6.54 Å². The highest BCUT2D eigenvalue weighted by Gasteiger charge is 2.34. The quantitative estimate of drug-likeness (QED) is 0.431. The molecule has 8 nitrogen and oxygen atoms in total. The van der Waals surface area contributed by atoms with Crippen molar-refractivity contribution in [2.75, 3.05) is 26.2 Å². The highest BCUT2D eigenvalue weighted by molar-refractivity contribution is 5.83. The molecule has 2 aliphatic rings. The number of hydrogen-bond donors (Lipinski definition) is 1. The van der Waals surface area contributed by atoms with Crippen LogP contribution in [0, 0.1) is 13.8 Å². The molecule has 0 amide bonds. The Bertz CT molecular complexity index is 1430. The average molecular weight is 498 g/mol. The third-order valence-electron chi connectivity index (χ3n) is 8.09. The molecule has 2 aromatic carbocycles. The van der Waals surface area contributed by atoms with Gasteiger partial charge in [0, 0.05) is 49.2 Å². The van der Waals surface area contributed by atoms with Crippen LogP contribution in [0.25, 0.3) is 10.9 Å². The van der Waals surface area contributed by atoms with Gasteiger partial charge in [-0.05, 0) is 65.9 Å². The third kappa shape index (κ3) is 4.83. The molecule has 1 saturated carbocycles. The first-order chi connectivity index (χ1) is 18.1. The normalized spacial score (nSPS) is 18.5. The Kier molecular flexibility index (Phi) is 6.61. The fourth-order valence-corrected chi connectivity index (χ4v) is 6.20. The minimum Gasteiger partial charge on any atom is -0.322 e. The Balaban J connectivity index is 1.37. The molecule has 2 fully saturated rings. The number of hydrogen-bond acceptors (Lipinski definition) is 6. The molecular formula is C29H35N7O. The number of aromatic amines is 1. The summed E-state index contributed by atoms with van der Waals surface area (Å²) in [5, 5.41) is 14.2. The summed E-state index contributed by atoms with van der Waals surface area (Å²) in [7, 11) is 0. The first kappa shape index (κ1) is 24.0. The molecule has 1 atom stereocenters. The van der Waals surface area contributed by atoms with E-state index in [0.717, 1.165) is 79.0 Å². The van der Waals surface area contributed by atoms with E-state index in [9.17, 15) is 4.79 Å². The van der Waals surface area contributed by atoms with Crippen molar-refractivity contribution in [1.29, 1.82) is 0 Å². The van der Waals surface area contributed by atoms with Gasteiger partial charge in [0.05, 0.1) is 6.04 Å². The topological polar surface area (TPSA) is 82.9 Å². The maximum atomic E-state index is 13.6. The number of rotatable bonds is 6. The number of fused-ring (bicyclic) bond motifs is 1. The van der Waals surface area contributed by atoms with E-state index < -0.39 is 0 Å². The van der Waals surface area contributed by atoms with Crippen LogP contribution in [0.15, 0.2) is 53.3 Å². The number of nitrogens with zero attached hydrogens (tertiary/aromatic N) is 6. The number of tetrazole rings is 1. The monoisotopic (exact) mass is 497 g/mol. The summed E-state index contributed by atoms with van der Waals surface area (Å²) < 4.78 is 2.01. The van der Waals surface area contributed by atoms with Gasteiger partial charge in [0.2, 0.25) is 0 Å². The van der Waals surface area contributed by atoms with Crippen LogP contribution in [0.2, 0.25) is 0 Å². The minimum absolute atomic E-state index is 0.0600. The Hall–Kier alpha value is -3.36. The van der Waals surface area contributed by atoms with E-state index in [1.807, 2.05) is 10.7 Å². The predicted molar refractivity (Wildman–Crippen MR) is 144 cm³/mol. The molecule has 1 aliphatic heterocycles. The molecule has 3 heterocycles. The van der Waals surface area contributed by atoms with Crippen LogP contribution in [0.5, 0.6) is 0 Å². The lowest BCUT2D eigenvalue weighted by molar-refractivity contribution is 0.0989. The van der Waals surface area contributed by atoms with E-state index in [-0.39, 0.29) is 11.6 Å². The molecule has 4 aromatic rings. The molecule has 1 unspecified atom stereocenters. The van der Waals surface area contributed by atoms with E-state index >= 15 is 0 Å². The lowest BCUT2D eigenvalue weighted by Gasteiger charge is -2.39. The molecule has 1 saturated heterocycles. The number of pyridine rings is 1. The van der Waals surface area contributed by atoms with Crippen LogP contribution in [0.1, 0.15) is 65.8 Å². The zero-order valence-corrected chi connectivity index (χ0v) is 21.7. The zero-order valence-electron chi connectivity index (χ0n) is 21.7. The van der Waals surface area contributed by atoms with E-state index in [2.05, 4.69) is 86.6 Å². The van der Waals surface area contributed by atoms with Gasteiger partial charge in [0.25, 0.3) is 5.56 Å². The average Bonchev–Trinajstić information content (AvgIpc) is 3.59. The molecule has 0 radical (unpaired) electrons. The number of aryl methyl sites for hydroxylation is 2. The SMILES string of the molecule is Cc1cc(C)c2cc(C(c3nnnn3C3CCCC3)N3CCN(Cc4ccccc4)CC3)c(=O)[nH]c2c1. The number of H-pyrrole nitrogens is 1. The fraction of sp³-hybridized carbons (Fsp3) is 0.448. The number of benzene rings is 2. The number of nitrogens with one attached hydrogen (secondary N) is 1.